The first-order valence-corrected chi connectivity index (χ1v) is 5.26. The number of carbonyl (C=O) groups excluding carboxylic acids is 1. The molecule has 0 saturated heterocycles. The van der Waals surface area contributed by atoms with Gasteiger partial charge in [0.1, 0.15) is 5.75 Å². The highest BCUT2D eigenvalue weighted by molar-refractivity contribution is 5.69. The summed E-state index contributed by atoms with van der Waals surface area (Å²) in [5.74, 6) is -0.214. The zero-order valence-corrected chi connectivity index (χ0v) is 9.22. The second kappa shape index (κ2) is 6.12. The molecule has 0 spiro atoms. The zero-order chi connectivity index (χ0) is 12.0. The van der Waals surface area contributed by atoms with Gasteiger partial charge in [0.05, 0.1) is 12.7 Å². The Morgan fingerprint density at radius 2 is 2.25 bits per heavy atom. The second-order valence-electron chi connectivity index (χ2n) is 3.45. The highest BCUT2D eigenvalue weighted by Gasteiger charge is 2.11. The van der Waals surface area contributed by atoms with E-state index in [1.165, 1.54) is 12.1 Å². The molecule has 0 amide bonds. The van der Waals surface area contributed by atoms with Gasteiger partial charge in [-0.05, 0) is 31.0 Å². The molecule has 0 radical (unpaired) electrons. The first-order valence-electron chi connectivity index (χ1n) is 5.26. The molecule has 0 aromatic heterocycles. The summed E-state index contributed by atoms with van der Waals surface area (Å²) in [4.78, 5) is 11.1. The Bertz CT molecular complexity index is 349. The van der Waals surface area contributed by atoms with E-state index in [2.05, 4.69) is 0 Å². The molecule has 0 aliphatic carbocycles. The van der Waals surface area contributed by atoms with Gasteiger partial charge in [-0.3, -0.25) is 4.79 Å². The zero-order valence-electron chi connectivity index (χ0n) is 9.22. The first-order chi connectivity index (χ1) is 7.63. The molecule has 1 aromatic carbocycles. The van der Waals surface area contributed by atoms with E-state index in [9.17, 15) is 15.0 Å². The topological polar surface area (TPSA) is 66.8 Å². The van der Waals surface area contributed by atoms with Gasteiger partial charge >= 0.3 is 5.97 Å². The average Bonchev–Trinajstić information content (AvgIpc) is 2.26. The number of phenols is 1. The van der Waals surface area contributed by atoms with Crippen molar-refractivity contribution in [2.24, 2.45) is 0 Å². The third kappa shape index (κ3) is 3.90. The molecular weight excluding hydrogens is 208 g/mol. The molecule has 2 N–H and O–H groups in total. The van der Waals surface area contributed by atoms with E-state index >= 15 is 0 Å². The molecule has 0 saturated carbocycles. The predicted octanol–water partition coefficient (Wildman–Crippen LogP) is 1.77. The third-order valence-corrected chi connectivity index (χ3v) is 2.18. The van der Waals surface area contributed by atoms with Crippen molar-refractivity contribution >= 4 is 5.97 Å². The van der Waals surface area contributed by atoms with Crippen LogP contribution < -0.4 is 0 Å². The molecule has 16 heavy (non-hydrogen) atoms. The van der Waals surface area contributed by atoms with Gasteiger partial charge in [0.2, 0.25) is 0 Å². The number of hydrogen-bond acceptors (Lipinski definition) is 4. The lowest BCUT2D eigenvalue weighted by molar-refractivity contribution is -0.143. The molecule has 1 atom stereocenters. The van der Waals surface area contributed by atoms with Crippen molar-refractivity contribution in [3.63, 3.8) is 0 Å². The van der Waals surface area contributed by atoms with Crippen LogP contribution in [0.4, 0.5) is 0 Å². The Morgan fingerprint density at radius 1 is 1.50 bits per heavy atom. The summed E-state index contributed by atoms with van der Waals surface area (Å²) in [5, 5.41) is 19.0. The van der Waals surface area contributed by atoms with Gasteiger partial charge in [0, 0.05) is 6.42 Å². The maximum atomic E-state index is 11.1. The van der Waals surface area contributed by atoms with Gasteiger partial charge in [-0.15, -0.1) is 0 Å². The van der Waals surface area contributed by atoms with Crippen LogP contribution in [0.3, 0.4) is 0 Å². The molecule has 4 nitrogen and oxygen atoms in total. The van der Waals surface area contributed by atoms with Crippen LogP contribution in [-0.4, -0.2) is 22.8 Å². The van der Waals surface area contributed by atoms with Crippen molar-refractivity contribution in [2.45, 2.75) is 25.9 Å². The number of aliphatic hydroxyl groups excluding tert-OH is 1. The lowest BCUT2D eigenvalue weighted by Gasteiger charge is -2.10. The highest BCUT2D eigenvalue weighted by Crippen LogP contribution is 2.21. The van der Waals surface area contributed by atoms with Crippen molar-refractivity contribution in [2.75, 3.05) is 6.61 Å². The molecular formula is C12H16O4. The van der Waals surface area contributed by atoms with E-state index in [-0.39, 0.29) is 18.1 Å². The van der Waals surface area contributed by atoms with E-state index in [4.69, 9.17) is 4.74 Å². The van der Waals surface area contributed by atoms with Crippen LogP contribution in [0.25, 0.3) is 0 Å². The Kier molecular flexibility index (Phi) is 4.79. The maximum Gasteiger partial charge on any atom is 0.305 e. The second-order valence-corrected chi connectivity index (χ2v) is 3.45. The minimum absolute atomic E-state index is 0.104. The fourth-order valence-corrected chi connectivity index (χ4v) is 1.39. The van der Waals surface area contributed by atoms with Crippen molar-refractivity contribution < 1.29 is 19.7 Å². The monoisotopic (exact) mass is 224 g/mol. The molecule has 0 aliphatic rings. The molecule has 88 valence electrons. The Labute approximate surface area is 94.5 Å². The van der Waals surface area contributed by atoms with Gasteiger partial charge in [-0.1, -0.05) is 12.1 Å². The lowest BCUT2D eigenvalue weighted by Crippen LogP contribution is -2.06. The number of benzene rings is 1. The summed E-state index contributed by atoms with van der Waals surface area (Å²) >= 11 is 0. The van der Waals surface area contributed by atoms with Crippen LogP contribution in [0.1, 0.15) is 31.4 Å². The average molecular weight is 224 g/mol. The number of rotatable bonds is 5. The number of phenolic OH excluding ortho intramolecular Hbond substituents is 1. The van der Waals surface area contributed by atoms with Crippen molar-refractivity contribution in [3.8, 4) is 5.75 Å². The summed E-state index contributed by atoms with van der Waals surface area (Å²) in [6, 6.07) is 6.37. The van der Waals surface area contributed by atoms with E-state index in [0.29, 0.717) is 18.6 Å². The Balaban J connectivity index is 2.46. The first kappa shape index (κ1) is 12.5. The van der Waals surface area contributed by atoms with Crippen molar-refractivity contribution in [3.05, 3.63) is 29.8 Å². The molecule has 0 bridgehead atoms. The van der Waals surface area contributed by atoms with Crippen LogP contribution in [-0.2, 0) is 9.53 Å². The number of aromatic hydroxyl groups is 1. The van der Waals surface area contributed by atoms with Crippen molar-refractivity contribution in [1.82, 2.24) is 0 Å². The fourth-order valence-electron chi connectivity index (χ4n) is 1.39. The number of carbonyl (C=O) groups is 1. The summed E-state index contributed by atoms with van der Waals surface area (Å²) < 4.78 is 4.75. The molecule has 1 rings (SSSR count). The molecule has 1 unspecified atom stereocenters. The van der Waals surface area contributed by atoms with E-state index in [1.807, 2.05) is 0 Å². The van der Waals surface area contributed by atoms with Gasteiger partial charge in [0.25, 0.3) is 0 Å². The number of aliphatic hydroxyl groups is 1. The van der Waals surface area contributed by atoms with Crippen LogP contribution in [0.15, 0.2) is 24.3 Å². The molecule has 4 heteroatoms. The predicted molar refractivity (Wildman–Crippen MR) is 58.9 cm³/mol. The summed E-state index contributed by atoms with van der Waals surface area (Å²) in [7, 11) is 0. The molecule has 0 fully saturated rings. The smallest absolute Gasteiger partial charge is 0.305 e. The Hall–Kier alpha value is -1.55. The summed E-state index contributed by atoms with van der Waals surface area (Å²) in [6.07, 6.45) is -0.288. The van der Waals surface area contributed by atoms with Gasteiger partial charge < -0.3 is 14.9 Å². The standard InChI is InChI=1S/C12H16O4/c1-2-16-12(15)7-6-11(14)9-4-3-5-10(13)8-9/h3-5,8,11,13-14H,2,6-7H2,1H3. The molecule has 0 aliphatic heterocycles. The van der Waals surface area contributed by atoms with Gasteiger partial charge in [-0.2, -0.15) is 0 Å². The fraction of sp³-hybridized carbons (Fsp3) is 0.417. The highest BCUT2D eigenvalue weighted by atomic mass is 16.5. The van der Waals surface area contributed by atoms with E-state index < -0.39 is 6.10 Å². The van der Waals surface area contributed by atoms with Crippen LogP contribution in [0.5, 0.6) is 5.75 Å². The SMILES string of the molecule is CCOC(=O)CCC(O)c1cccc(O)c1. The molecule has 0 heterocycles. The third-order valence-electron chi connectivity index (χ3n) is 2.18. The molecule has 1 aromatic rings. The largest absolute Gasteiger partial charge is 0.508 e. The lowest BCUT2D eigenvalue weighted by atomic mass is 10.0. The van der Waals surface area contributed by atoms with Crippen LogP contribution in [0.2, 0.25) is 0 Å². The van der Waals surface area contributed by atoms with Gasteiger partial charge in [0.15, 0.2) is 0 Å². The van der Waals surface area contributed by atoms with Crippen molar-refractivity contribution in [1.29, 1.82) is 0 Å². The summed E-state index contributed by atoms with van der Waals surface area (Å²) in [6.45, 7) is 2.09. The quantitative estimate of drug-likeness (QED) is 0.748. The van der Waals surface area contributed by atoms with Gasteiger partial charge in [-0.25, -0.2) is 0 Å². The number of esters is 1. The minimum Gasteiger partial charge on any atom is -0.508 e. The van der Waals surface area contributed by atoms with E-state index in [0.717, 1.165) is 0 Å². The normalized spacial score (nSPS) is 12.1. The van der Waals surface area contributed by atoms with E-state index in [1.54, 1.807) is 19.1 Å². The number of ether oxygens (including phenoxy) is 1. The van der Waals surface area contributed by atoms with Crippen LogP contribution >= 0.6 is 0 Å². The van der Waals surface area contributed by atoms with Crippen LogP contribution in [0, 0.1) is 0 Å². The Morgan fingerprint density at radius 3 is 2.88 bits per heavy atom. The number of hydrogen-bond donors (Lipinski definition) is 2. The summed E-state index contributed by atoms with van der Waals surface area (Å²) in [5.41, 5.74) is 0.601. The minimum atomic E-state index is -0.753. The maximum absolute atomic E-state index is 11.1.